The van der Waals surface area contributed by atoms with Gasteiger partial charge in [0.25, 0.3) is 5.91 Å². The summed E-state index contributed by atoms with van der Waals surface area (Å²) in [5.74, 6) is -1.03. The number of alkyl halides is 3. The second-order valence-corrected chi connectivity index (χ2v) is 10.1. The van der Waals surface area contributed by atoms with Crippen LogP contribution in [0.25, 0.3) is 11.3 Å². The average Bonchev–Trinajstić information content (AvgIpc) is 3.67. The Balaban J connectivity index is 1.33. The van der Waals surface area contributed by atoms with E-state index in [1.54, 1.807) is 24.3 Å². The number of benzene rings is 3. The van der Waals surface area contributed by atoms with Crippen molar-refractivity contribution in [2.75, 3.05) is 5.32 Å². The number of anilines is 1. The lowest BCUT2D eigenvalue weighted by molar-refractivity contribution is -0.274. The van der Waals surface area contributed by atoms with Crippen LogP contribution in [0.3, 0.4) is 0 Å². The van der Waals surface area contributed by atoms with E-state index in [4.69, 9.17) is 23.2 Å². The number of amides is 2. The van der Waals surface area contributed by atoms with E-state index in [0.29, 0.717) is 27.1 Å². The lowest BCUT2D eigenvalue weighted by Crippen LogP contribution is -2.30. The number of hydrogen-bond donors (Lipinski definition) is 3. The molecular weight excluding hydrogens is 584 g/mol. The average molecular weight is 605 g/mol. The van der Waals surface area contributed by atoms with E-state index < -0.39 is 24.1 Å². The zero-order valence-electron chi connectivity index (χ0n) is 21.0. The van der Waals surface area contributed by atoms with E-state index in [-0.39, 0.29) is 29.3 Å². The summed E-state index contributed by atoms with van der Waals surface area (Å²) >= 11 is 12.0. The van der Waals surface area contributed by atoms with Gasteiger partial charge in [-0.1, -0.05) is 29.3 Å². The van der Waals surface area contributed by atoms with Gasteiger partial charge in [0, 0.05) is 29.3 Å². The maximum Gasteiger partial charge on any atom is 0.573 e. The lowest BCUT2D eigenvalue weighted by Gasteiger charge is -2.10. The van der Waals surface area contributed by atoms with E-state index in [9.17, 15) is 27.9 Å². The fourth-order valence-electron chi connectivity index (χ4n) is 4.09. The molecule has 0 spiro atoms. The standard InChI is InChI=1S/C28H21Cl2F3N4O4/c29-21-9-1-15(11-22(21)30)14-34-27(40)37-24(16-2-3-16)13-23(36-37)20-12-18(6-10-25(20)38)35-26(39)17-4-7-19(8-5-17)41-28(31,32)33/h1,4-13,16,38H,2-3,14H2,(H,34,40)(H,35,39). The van der Waals surface area contributed by atoms with Gasteiger partial charge in [-0.15, -0.1) is 13.2 Å². The second-order valence-electron chi connectivity index (χ2n) is 9.31. The molecule has 2 amide bonds. The molecule has 8 nitrogen and oxygen atoms in total. The Hall–Kier alpha value is -4.22. The summed E-state index contributed by atoms with van der Waals surface area (Å²) in [6.45, 7) is 0.186. The summed E-state index contributed by atoms with van der Waals surface area (Å²) in [5.41, 5.74) is 2.41. The molecule has 13 heteroatoms. The molecule has 212 valence electrons. The Labute approximate surface area is 241 Å². The van der Waals surface area contributed by atoms with Gasteiger partial charge in [-0.25, -0.2) is 4.79 Å². The molecule has 5 rings (SSSR count). The summed E-state index contributed by atoms with van der Waals surface area (Å²) in [5, 5.41) is 21.2. The fraction of sp³-hybridized carbons (Fsp3) is 0.179. The van der Waals surface area contributed by atoms with Gasteiger partial charge in [-0.3, -0.25) is 4.79 Å². The SMILES string of the molecule is O=C(Nc1ccc(O)c(-c2cc(C3CC3)n(C(=O)NCc3ccc(Cl)c(Cl)c3)n2)c1)c1ccc(OC(F)(F)F)cc1. The van der Waals surface area contributed by atoms with Crippen molar-refractivity contribution < 1.29 is 32.6 Å². The van der Waals surface area contributed by atoms with Crippen LogP contribution in [0.15, 0.2) is 66.7 Å². The number of phenolic OH excluding ortho intramolecular Hbond substituents is 1. The summed E-state index contributed by atoms with van der Waals surface area (Å²) in [6, 6.07) is 15.1. The van der Waals surface area contributed by atoms with Crippen LogP contribution in [0.4, 0.5) is 23.7 Å². The van der Waals surface area contributed by atoms with E-state index in [1.807, 2.05) is 0 Å². The number of nitrogens with zero attached hydrogens (tertiary/aromatic N) is 2. The van der Waals surface area contributed by atoms with E-state index in [2.05, 4.69) is 20.5 Å². The van der Waals surface area contributed by atoms with Crippen LogP contribution in [0.1, 0.15) is 40.4 Å². The van der Waals surface area contributed by atoms with Crippen molar-refractivity contribution in [3.8, 4) is 22.8 Å². The molecule has 0 aliphatic heterocycles. The first kappa shape index (κ1) is 28.3. The molecule has 0 unspecified atom stereocenters. The number of carbonyl (C=O) groups excluding carboxylic acids is 2. The van der Waals surface area contributed by atoms with Crippen molar-refractivity contribution in [2.24, 2.45) is 0 Å². The maximum atomic E-state index is 13.1. The number of rotatable bonds is 7. The van der Waals surface area contributed by atoms with Crippen LogP contribution < -0.4 is 15.4 Å². The predicted molar refractivity (Wildman–Crippen MR) is 146 cm³/mol. The Bertz CT molecular complexity index is 1620. The van der Waals surface area contributed by atoms with Crippen molar-refractivity contribution >= 4 is 40.8 Å². The van der Waals surface area contributed by atoms with Gasteiger partial charge in [0.2, 0.25) is 0 Å². The summed E-state index contributed by atoms with van der Waals surface area (Å²) in [6.07, 6.45) is -3.07. The zero-order valence-corrected chi connectivity index (χ0v) is 22.5. The minimum Gasteiger partial charge on any atom is -0.507 e. The van der Waals surface area contributed by atoms with Gasteiger partial charge in [0.1, 0.15) is 11.5 Å². The smallest absolute Gasteiger partial charge is 0.507 e. The molecule has 1 aliphatic rings. The molecular formula is C28H21Cl2F3N4O4. The summed E-state index contributed by atoms with van der Waals surface area (Å²) < 4.78 is 42.3. The molecule has 4 aromatic rings. The van der Waals surface area contributed by atoms with Gasteiger partial charge in [0.15, 0.2) is 0 Å². The highest BCUT2D eigenvalue weighted by Crippen LogP contribution is 2.42. The van der Waals surface area contributed by atoms with Crippen molar-refractivity contribution in [3.63, 3.8) is 0 Å². The minimum atomic E-state index is -4.84. The van der Waals surface area contributed by atoms with Crippen LogP contribution in [-0.2, 0) is 6.54 Å². The molecule has 3 N–H and O–H groups in total. The quantitative estimate of drug-likeness (QED) is 0.191. The van der Waals surface area contributed by atoms with Gasteiger partial charge in [0.05, 0.1) is 21.4 Å². The first-order valence-corrected chi connectivity index (χ1v) is 13.0. The predicted octanol–water partition coefficient (Wildman–Crippen LogP) is 7.35. The van der Waals surface area contributed by atoms with Gasteiger partial charge in [-0.2, -0.15) is 9.78 Å². The van der Waals surface area contributed by atoms with Crippen molar-refractivity contribution in [1.82, 2.24) is 15.1 Å². The number of ether oxygens (including phenoxy) is 1. The Morgan fingerprint density at radius 2 is 1.73 bits per heavy atom. The summed E-state index contributed by atoms with van der Waals surface area (Å²) in [7, 11) is 0. The van der Waals surface area contributed by atoms with Gasteiger partial charge < -0.3 is 20.5 Å². The molecule has 0 saturated heterocycles. The largest absolute Gasteiger partial charge is 0.573 e. The maximum absolute atomic E-state index is 13.1. The molecule has 0 bridgehead atoms. The van der Waals surface area contributed by atoms with Gasteiger partial charge >= 0.3 is 12.4 Å². The first-order valence-electron chi connectivity index (χ1n) is 12.3. The molecule has 1 heterocycles. The van der Waals surface area contributed by atoms with Gasteiger partial charge in [-0.05, 0) is 79.1 Å². The monoisotopic (exact) mass is 604 g/mol. The Kier molecular flexibility index (Phi) is 7.83. The lowest BCUT2D eigenvalue weighted by atomic mass is 10.1. The number of hydrogen-bond acceptors (Lipinski definition) is 5. The van der Waals surface area contributed by atoms with E-state index >= 15 is 0 Å². The molecule has 1 saturated carbocycles. The third-order valence-corrected chi connectivity index (χ3v) is 6.97. The molecule has 1 aliphatic carbocycles. The van der Waals surface area contributed by atoms with Crippen molar-refractivity contribution in [3.05, 3.63) is 93.6 Å². The topological polar surface area (TPSA) is 105 Å². The Morgan fingerprint density at radius 3 is 2.39 bits per heavy atom. The number of carbonyl (C=O) groups is 2. The van der Waals surface area contributed by atoms with E-state index in [1.165, 1.54) is 35.0 Å². The third-order valence-electron chi connectivity index (χ3n) is 6.23. The van der Waals surface area contributed by atoms with Crippen LogP contribution >= 0.6 is 23.2 Å². The number of phenols is 1. The first-order chi connectivity index (χ1) is 19.5. The molecule has 41 heavy (non-hydrogen) atoms. The highest BCUT2D eigenvalue weighted by molar-refractivity contribution is 6.42. The van der Waals surface area contributed by atoms with Crippen molar-refractivity contribution in [1.29, 1.82) is 0 Å². The van der Waals surface area contributed by atoms with Crippen LogP contribution in [0, 0.1) is 0 Å². The highest BCUT2D eigenvalue weighted by Gasteiger charge is 2.32. The highest BCUT2D eigenvalue weighted by atomic mass is 35.5. The fourth-order valence-corrected chi connectivity index (χ4v) is 4.41. The molecule has 3 aromatic carbocycles. The molecule has 1 fully saturated rings. The van der Waals surface area contributed by atoms with Crippen LogP contribution in [-0.4, -0.2) is 33.2 Å². The third kappa shape index (κ3) is 6.93. The normalized spacial score (nSPS) is 13.1. The zero-order chi connectivity index (χ0) is 29.3. The number of halogens is 5. The van der Waals surface area contributed by atoms with E-state index in [0.717, 1.165) is 30.5 Å². The number of nitrogens with one attached hydrogen (secondary N) is 2. The minimum absolute atomic E-state index is 0.0908. The second kappa shape index (κ2) is 11.3. The Morgan fingerprint density at radius 1 is 1.00 bits per heavy atom. The van der Waals surface area contributed by atoms with Crippen molar-refractivity contribution in [2.45, 2.75) is 31.7 Å². The summed E-state index contributed by atoms with van der Waals surface area (Å²) in [4.78, 5) is 25.8. The molecule has 0 atom stereocenters. The molecule has 0 radical (unpaired) electrons. The number of aromatic nitrogens is 2. The van der Waals surface area contributed by atoms with Crippen LogP contribution in [0.2, 0.25) is 10.0 Å². The van der Waals surface area contributed by atoms with Crippen LogP contribution in [0.5, 0.6) is 11.5 Å². The number of aromatic hydroxyl groups is 1. The molecule has 1 aromatic heterocycles.